The van der Waals surface area contributed by atoms with Crippen LogP contribution in [0.1, 0.15) is 6.92 Å². The van der Waals surface area contributed by atoms with Crippen LogP contribution in [0.25, 0.3) is 0 Å². The van der Waals surface area contributed by atoms with Crippen LogP contribution >= 0.6 is 15.9 Å². The van der Waals surface area contributed by atoms with E-state index in [1.54, 1.807) is 13.0 Å². The van der Waals surface area contributed by atoms with Crippen molar-refractivity contribution in [1.82, 2.24) is 5.32 Å². The van der Waals surface area contributed by atoms with Crippen molar-refractivity contribution in [3.8, 4) is 0 Å². The molecule has 0 fully saturated rings. The number of carbonyl (C=O) groups excluding carboxylic acids is 1. The molecule has 0 saturated heterocycles. The summed E-state index contributed by atoms with van der Waals surface area (Å²) in [4.78, 5) is 10.8. The number of halogens is 1. The molecule has 0 aromatic rings. The molecule has 0 unspecified atom stereocenters. The Morgan fingerprint density at radius 1 is 1.69 bits per heavy atom. The van der Waals surface area contributed by atoms with Crippen molar-refractivity contribution in [1.29, 1.82) is 0 Å². The Hall–Kier alpha value is -0.610. The standard InChI is InChI=1S/C9H14BrNO2/c1-3-13-9(12)5-4-6-11-7-8(2)10/h4-5,11H,2-3,6-7H2,1H3/b5-4+. The molecule has 0 spiro atoms. The third-order valence-corrected chi connectivity index (χ3v) is 1.40. The molecule has 0 aliphatic heterocycles. The molecule has 0 bridgehead atoms. The second kappa shape index (κ2) is 8.01. The molecule has 0 atom stereocenters. The second-order valence-corrected chi connectivity index (χ2v) is 3.42. The molecule has 0 aromatic heterocycles. The predicted molar refractivity (Wildman–Crippen MR) is 56.7 cm³/mol. The van der Waals surface area contributed by atoms with E-state index in [0.29, 0.717) is 19.7 Å². The normalized spacial score (nSPS) is 10.3. The van der Waals surface area contributed by atoms with Crippen LogP contribution in [0.3, 0.4) is 0 Å². The first kappa shape index (κ1) is 12.4. The third-order valence-electron chi connectivity index (χ3n) is 1.12. The summed E-state index contributed by atoms with van der Waals surface area (Å²) >= 11 is 3.21. The first-order valence-electron chi connectivity index (χ1n) is 4.04. The summed E-state index contributed by atoms with van der Waals surface area (Å²) in [6, 6.07) is 0. The molecular weight excluding hydrogens is 234 g/mol. The Morgan fingerprint density at radius 3 is 2.92 bits per heavy atom. The molecular formula is C9H14BrNO2. The summed E-state index contributed by atoms with van der Waals surface area (Å²) in [5.74, 6) is -0.304. The van der Waals surface area contributed by atoms with Crippen molar-refractivity contribution in [2.24, 2.45) is 0 Å². The zero-order chi connectivity index (χ0) is 10.1. The van der Waals surface area contributed by atoms with E-state index < -0.39 is 0 Å². The Balaban J connectivity index is 3.40. The minimum atomic E-state index is -0.304. The third kappa shape index (κ3) is 9.30. The molecule has 0 amide bonds. The van der Waals surface area contributed by atoms with Crippen molar-refractivity contribution in [3.63, 3.8) is 0 Å². The molecule has 0 aromatic carbocycles. The van der Waals surface area contributed by atoms with Crippen molar-refractivity contribution < 1.29 is 9.53 Å². The van der Waals surface area contributed by atoms with Gasteiger partial charge in [0.2, 0.25) is 0 Å². The van der Waals surface area contributed by atoms with Crippen LogP contribution in [-0.4, -0.2) is 25.7 Å². The van der Waals surface area contributed by atoms with Gasteiger partial charge in [0.1, 0.15) is 0 Å². The van der Waals surface area contributed by atoms with Crippen molar-refractivity contribution in [3.05, 3.63) is 23.2 Å². The van der Waals surface area contributed by atoms with Crippen LogP contribution in [0.15, 0.2) is 23.2 Å². The minimum absolute atomic E-state index is 0.304. The van der Waals surface area contributed by atoms with Gasteiger partial charge in [-0.05, 0) is 6.92 Å². The van der Waals surface area contributed by atoms with Gasteiger partial charge in [0.05, 0.1) is 6.61 Å². The van der Waals surface area contributed by atoms with Crippen molar-refractivity contribution >= 4 is 21.9 Å². The molecule has 0 heterocycles. The quantitative estimate of drug-likeness (QED) is 0.441. The van der Waals surface area contributed by atoms with Gasteiger partial charge in [-0.3, -0.25) is 0 Å². The topological polar surface area (TPSA) is 38.3 Å². The Bertz CT molecular complexity index is 202. The fourth-order valence-corrected chi connectivity index (χ4v) is 0.835. The number of hydrogen-bond acceptors (Lipinski definition) is 3. The second-order valence-electron chi connectivity index (χ2n) is 2.30. The van der Waals surface area contributed by atoms with Crippen LogP contribution in [0.5, 0.6) is 0 Å². The van der Waals surface area contributed by atoms with Gasteiger partial charge in [0.25, 0.3) is 0 Å². The number of rotatable bonds is 6. The smallest absolute Gasteiger partial charge is 0.330 e. The monoisotopic (exact) mass is 247 g/mol. The summed E-state index contributed by atoms with van der Waals surface area (Å²) in [5.41, 5.74) is 0. The lowest BCUT2D eigenvalue weighted by molar-refractivity contribution is -0.137. The molecule has 0 rings (SSSR count). The average molecular weight is 248 g/mol. The number of carbonyl (C=O) groups is 1. The van der Waals surface area contributed by atoms with Crippen LogP contribution in [-0.2, 0) is 9.53 Å². The van der Waals surface area contributed by atoms with E-state index in [4.69, 9.17) is 0 Å². The highest BCUT2D eigenvalue weighted by Crippen LogP contribution is 1.95. The lowest BCUT2D eigenvalue weighted by Crippen LogP contribution is -2.15. The molecule has 0 saturated carbocycles. The van der Waals surface area contributed by atoms with E-state index in [0.717, 1.165) is 4.48 Å². The van der Waals surface area contributed by atoms with Gasteiger partial charge >= 0.3 is 5.97 Å². The molecule has 1 N–H and O–H groups in total. The fraction of sp³-hybridized carbons (Fsp3) is 0.444. The van der Waals surface area contributed by atoms with Gasteiger partial charge in [-0.15, -0.1) is 0 Å². The largest absolute Gasteiger partial charge is 0.463 e. The van der Waals surface area contributed by atoms with Crippen LogP contribution in [0, 0.1) is 0 Å². The molecule has 0 radical (unpaired) electrons. The number of hydrogen-bond donors (Lipinski definition) is 1. The van der Waals surface area contributed by atoms with Gasteiger partial charge in [0.15, 0.2) is 0 Å². The van der Waals surface area contributed by atoms with Crippen molar-refractivity contribution in [2.45, 2.75) is 6.92 Å². The summed E-state index contributed by atoms with van der Waals surface area (Å²) in [6.45, 7) is 7.16. The maximum absolute atomic E-state index is 10.8. The molecule has 13 heavy (non-hydrogen) atoms. The Kier molecular flexibility index (Phi) is 7.63. The van der Waals surface area contributed by atoms with Gasteiger partial charge in [0, 0.05) is 23.6 Å². The summed E-state index contributed by atoms with van der Waals surface area (Å²) in [7, 11) is 0. The van der Waals surface area contributed by atoms with E-state index in [-0.39, 0.29) is 5.97 Å². The zero-order valence-corrected chi connectivity index (χ0v) is 9.26. The van der Waals surface area contributed by atoms with Crippen LogP contribution < -0.4 is 5.32 Å². The number of ether oxygens (including phenoxy) is 1. The van der Waals surface area contributed by atoms with Crippen molar-refractivity contribution in [2.75, 3.05) is 19.7 Å². The predicted octanol–water partition coefficient (Wildman–Crippen LogP) is 1.60. The first-order valence-corrected chi connectivity index (χ1v) is 4.83. The van der Waals surface area contributed by atoms with Gasteiger partial charge in [-0.1, -0.05) is 28.6 Å². The molecule has 0 aliphatic rings. The number of nitrogens with one attached hydrogen (secondary N) is 1. The SMILES string of the molecule is C=C(Br)CNC/C=C/C(=O)OCC. The fourth-order valence-electron chi connectivity index (χ4n) is 0.637. The lowest BCUT2D eigenvalue weighted by Gasteiger charge is -1.98. The Labute approximate surface area is 87.0 Å². The van der Waals surface area contributed by atoms with E-state index in [1.165, 1.54) is 6.08 Å². The van der Waals surface area contributed by atoms with Crippen LogP contribution in [0.2, 0.25) is 0 Å². The Morgan fingerprint density at radius 2 is 2.38 bits per heavy atom. The maximum Gasteiger partial charge on any atom is 0.330 e. The molecule has 4 heteroatoms. The highest BCUT2D eigenvalue weighted by Gasteiger charge is 1.91. The van der Waals surface area contributed by atoms with Gasteiger partial charge < -0.3 is 10.1 Å². The maximum atomic E-state index is 10.8. The summed E-state index contributed by atoms with van der Waals surface area (Å²) in [5, 5.41) is 3.04. The van der Waals surface area contributed by atoms with E-state index >= 15 is 0 Å². The average Bonchev–Trinajstić information content (AvgIpc) is 2.03. The number of esters is 1. The van der Waals surface area contributed by atoms with Crippen LogP contribution in [0.4, 0.5) is 0 Å². The lowest BCUT2D eigenvalue weighted by atomic mass is 10.5. The summed E-state index contributed by atoms with van der Waals surface area (Å²) < 4.78 is 5.58. The highest BCUT2D eigenvalue weighted by atomic mass is 79.9. The molecule has 3 nitrogen and oxygen atoms in total. The molecule has 0 aliphatic carbocycles. The van der Waals surface area contributed by atoms with Gasteiger partial charge in [-0.2, -0.15) is 0 Å². The van der Waals surface area contributed by atoms with Gasteiger partial charge in [-0.25, -0.2) is 4.79 Å². The minimum Gasteiger partial charge on any atom is -0.463 e. The van der Waals surface area contributed by atoms with E-state index in [9.17, 15) is 4.79 Å². The first-order chi connectivity index (χ1) is 6.16. The zero-order valence-electron chi connectivity index (χ0n) is 7.68. The highest BCUT2D eigenvalue weighted by molar-refractivity contribution is 9.11. The summed E-state index contributed by atoms with van der Waals surface area (Å²) in [6.07, 6.45) is 3.13. The van der Waals surface area contributed by atoms with E-state index in [2.05, 4.69) is 32.6 Å². The van der Waals surface area contributed by atoms with E-state index in [1.807, 2.05) is 0 Å². The molecule has 74 valence electrons.